The Labute approximate surface area is 126 Å². The van der Waals surface area contributed by atoms with Crippen LogP contribution < -0.4 is 9.47 Å². The quantitative estimate of drug-likeness (QED) is 0.888. The van der Waals surface area contributed by atoms with Crippen LogP contribution in [0.4, 0.5) is 0 Å². The highest BCUT2D eigenvalue weighted by atomic mass is 16.5. The second kappa shape index (κ2) is 6.71. The van der Waals surface area contributed by atoms with Crippen molar-refractivity contribution in [2.24, 2.45) is 0 Å². The minimum Gasteiger partial charge on any atom is -0.508 e. The molecule has 4 heteroatoms. The first-order valence-electron chi connectivity index (χ1n) is 7.52. The maximum absolute atomic E-state index is 10.1. The van der Waals surface area contributed by atoms with Crippen molar-refractivity contribution in [1.29, 1.82) is 5.26 Å². The molecule has 1 unspecified atom stereocenters. The van der Waals surface area contributed by atoms with E-state index in [1.165, 1.54) is 12.8 Å². The lowest BCUT2D eigenvalue weighted by Crippen LogP contribution is -2.14. The number of hydrogen-bond acceptors (Lipinski definition) is 4. The van der Waals surface area contributed by atoms with Gasteiger partial charge in [-0.2, -0.15) is 5.26 Å². The average molecular weight is 289 g/mol. The second-order valence-corrected chi connectivity index (χ2v) is 5.76. The van der Waals surface area contributed by atoms with Crippen LogP contribution in [0.15, 0.2) is 6.07 Å². The van der Waals surface area contributed by atoms with Crippen LogP contribution in [0.2, 0.25) is 0 Å². The van der Waals surface area contributed by atoms with Crippen molar-refractivity contribution >= 4 is 0 Å². The molecule has 4 nitrogen and oxygen atoms in total. The summed E-state index contributed by atoms with van der Waals surface area (Å²) in [5.41, 5.74) is 1.53. The first-order chi connectivity index (χ1) is 10.1. The predicted octanol–water partition coefficient (Wildman–Crippen LogP) is 4.05. The molecule has 0 spiro atoms. The van der Waals surface area contributed by atoms with Gasteiger partial charge in [-0.25, -0.2) is 0 Å². The summed E-state index contributed by atoms with van der Waals surface area (Å²) in [6.45, 7) is 3.78. The van der Waals surface area contributed by atoms with Crippen molar-refractivity contribution in [1.82, 2.24) is 0 Å². The maximum Gasteiger partial charge on any atom is 0.167 e. The zero-order valence-electron chi connectivity index (χ0n) is 13.0. The van der Waals surface area contributed by atoms with Gasteiger partial charge in [0.2, 0.25) is 0 Å². The SMILES string of the molecule is COc1c(C)c(O)cc(C(C)CC#N)c1OC1CCCC1. The van der Waals surface area contributed by atoms with E-state index in [2.05, 4.69) is 6.07 Å². The van der Waals surface area contributed by atoms with Gasteiger partial charge >= 0.3 is 0 Å². The molecule has 1 aromatic rings. The highest BCUT2D eigenvalue weighted by Gasteiger charge is 2.25. The summed E-state index contributed by atoms with van der Waals surface area (Å²) in [5.74, 6) is 1.46. The summed E-state index contributed by atoms with van der Waals surface area (Å²) in [7, 11) is 1.59. The number of aromatic hydroxyl groups is 1. The van der Waals surface area contributed by atoms with E-state index in [-0.39, 0.29) is 17.8 Å². The van der Waals surface area contributed by atoms with Crippen molar-refractivity contribution in [2.75, 3.05) is 7.11 Å². The number of methoxy groups -OCH3 is 1. The van der Waals surface area contributed by atoms with Crippen molar-refractivity contribution < 1.29 is 14.6 Å². The smallest absolute Gasteiger partial charge is 0.167 e. The molecule has 2 rings (SSSR count). The van der Waals surface area contributed by atoms with Gasteiger partial charge < -0.3 is 14.6 Å². The molecule has 0 aliphatic heterocycles. The maximum atomic E-state index is 10.1. The first kappa shape index (κ1) is 15.5. The van der Waals surface area contributed by atoms with E-state index >= 15 is 0 Å². The van der Waals surface area contributed by atoms with Crippen LogP contribution in [0.5, 0.6) is 17.2 Å². The molecular weight excluding hydrogens is 266 g/mol. The number of benzene rings is 1. The molecule has 1 aliphatic carbocycles. The molecule has 114 valence electrons. The third-order valence-electron chi connectivity index (χ3n) is 4.20. The van der Waals surface area contributed by atoms with Gasteiger partial charge in [0.25, 0.3) is 0 Å². The highest BCUT2D eigenvalue weighted by Crippen LogP contribution is 2.44. The number of hydrogen-bond donors (Lipinski definition) is 1. The Balaban J connectivity index is 2.45. The molecule has 0 saturated heterocycles. The van der Waals surface area contributed by atoms with Crippen molar-refractivity contribution in [3.05, 3.63) is 17.2 Å². The number of phenols is 1. The van der Waals surface area contributed by atoms with E-state index in [1.807, 2.05) is 13.8 Å². The van der Waals surface area contributed by atoms with Crippen LogP contribution in [0.3, 0.4) is 0 Å². The molecule has 0 heterocycles. The van der Waals surface area contributed by atoms with Crippen LogP contribution in [0, 0.1) is 18.3 Å². The molecule has 1 aliphatic rings. The summed E-state index contributed by atoms with van der Waals surface area (Å²) < 4.78 is 11.7. The topological polar surface area (TPSA) is 62.5 Å². The van der Waals surface area contributed by atoms with Gasteiger partial charge in [-0.15, -0.1) is 0 Å². The van der Waals surface area contributed by atoms with Crippen LogP contribution in [-0.2, 0) is 0 Å². The average Bonchev–Trinajstić information content (AvgIpc) is 2.96. The van der Waals surface area contributed by atoms with Crippen LogP contribution in [0.1, 0.15) is 56.1 Å². The third-order valence-corrected chi connectivity index (χ3v) is 4.20. The van der Waals surface area contributed by atoms with Gasteiger partial charge in [-0.05, 0) is 44.6 Å². The first-order valence-corrected chi connectivity index (χ1v) is 7.52. The van der Waals surface area contributed by atoms with Crippen molar-refractivity contribution in [3.63, 3.8) is 0 Å². The van der Waals surface area contributed by atoms with E-state index in [4.69, 9.17) is 14.7 Å². The molecule has 0 aromatic heterocycles. The van der Waals surface area contributed by atoms with E-state index in [0.29, 0.717) is 23.5 Å². The molecule has 1 N–H and O–H groups in total. The Morgan fingerprint density at radius 1 is 1.38 bits per heavy atom. The molecule has 1 aromatic carbocycles. The molecule has 1 fully saturated rings. The van der Waals surface area contributed by atoms with Gasteiger partial charge in [-0.3, -0.25) is 0 Å². The minimum atomic E-state index is -0.00759. The van der Waals surface area contributed by atoms with Gasteiger partial charge in [0.1, 0.15) is 5.75 Å². The standard InChI is InChI=1S/C17H23NO3/c1-11(8-9-18)14-10-15(19)12(2)16(20-3)17(14)21-13-6-4-5-7-13/h10-11,13,19H,4-8H2,1-3H3. The number of phenolic OH excluding ortho intramolecular Hbond substituents is 1. The minimum absolute atomic E-state index is 0.00759. The Morgan fingerprint density at radius 3 is 2.62 bits per heavy atom. The van der Waals surface area contributed by atoms with Gasteiger partial charge in [-0.1, -0.05) is 6.92 Å². The van der Waals surface area contributed by atoms with Crippen molar-refractivity contribution in [3.8, 4) is 23.3 Å². The molecule has 0 amide bonds. The molecule has 1 saturated carbocycles. The monoisotopic (exact) mass is 289 g/mol. The number of nitriles is 1. The molecule has 0 bridgehead atoms. The van der Waals surface area contributed by atoms with E-state index < -0.39 is 0 Å². The van der Waals surface area contributed by atoms with Crippen LogP contribution in [-0.4, -0.2) is 18.3 Å². The lowest BCUT2D eigenvalue weighted by Gasteiger charge is -2.23. The number of ether oxygens (including phenoxy) is 2. The summed E-state index contributed by atoms with van der Waals surface area (Å²) in [6, 6.07) is 3.89. The zero-order valence-corrected chi connectivity index (χ0v) is 13.0. The Kier molecular flexibility index (Phi) is 4.95. The summed E-state index contributed by atoms with van der Waals surface area (Å²) >= 11 is 0. The number of nitrogens with zero attached hydrogens (tertiary/aromatic N) is 1. The largest absolute Gasteiger partial charge is 0.508 e. The Morgan fingerprint density at radius 2 is 2.05 bits per heavy atom. The second-order valence-electron chi connectivity index (χ2n) is 5.76. The fraction of sp³-hybridized carbons (Fsp3) is 0.588. The molecule has 1 atom stereocenters. The van der Waals surface area contributed by atoms with Crippen LogP contribution in [0.25, 0.3) is 0 Å². The summed E-state index contributed by atoms with van der Waals surface area (Å²) in [5, 5.41) is 19.0. The fourth-order valence-corrected chi connectivity index (χ4v) is 2.89. The number of rotatable bonds is 5. The Bertz CT molecular complexity index is 542. The van der Waals surface area contributed by atoms with Crippen molar-refractivity contribution in [2.45, 2.75) is 58.0 Å². The molecular formula is C17H23NO3. The van der Waals surface area contributed by atoms with Gasteiger partial charge in [0, 0.05) is 17.5 Å². The zero-order chi connectivity index (χ0) is 15.4. The van der Waals surface area contributed by atoms with Gasteiger partial charge in [0.05, 0.1) is 19.3 Å². The predicted molar refractivity (Wildman–Crippen MR) is 80.9 cm³/mol. The summed E-state index contributed by atoms with van der Waals surface area (Å²) in [4.78, 5) is 0. The summed E-state index contributed by atoms with van der Waals surface area (Å²) in [6.07, 6.45) is 5.06. The highest BCUT2D eigenvalue weighted by molar-refractivity contribution is 5.58. The molecule has 21 heavy (non-hydrogen) atoms. The lowest BCUT2D eigenvalue weighted by atomic mass is 9.95. The van der Waals surface area contributed by atoms with E-state index in [1.54, 1.807) is 13.2 Å². The normalized spacial score (nSPS) is 16.5. The van der Waals surface area contributed by atoms with Crippen LogP contribution >= 0.6 is 0 Å². The lowest BCUT2D eigenvalue weighted by molar-refractivity contribution is 0.197. The Hall–Kier alpha value is -1.89. The fourth-order valence-electron chi connectivity index (χ4n) is 2.89. The molecule has 0 radical (unpaired) electrons. The third kappa shape index (κ3) is 3.24. The van der Waals surface area contributed by atoms with E-state index in [0.717, 1.165) is 18.4 Å². The van der Waals surface area contributed by atoms with E-state index in [9.17, 15) is 5.11 Å². The van der Waals surface area contributed by atoms with Gasteiger partial charge in [0.15, 0.2) is 11.5 Å².